The van der Waals surface area contributed by atoms with Crippen LogP contribution in [0.3, 0.4) is 0 Å². The summed E-state index contributed by atoms with van der Waals surface area (Å²) in [4.78, 5) is 13.3. The van der Waals surface area contributed by atoms with E-state index in [0.29, 0.717) is 12.6 Å². The summed E-state index contributed by atoms with van der Waals surface area (Å²) in [6.45, 7) is 2.62. The highest BCUT2D eigenvalue weighted by molar-refractivity contribution is 5.81. The second-order valence-electron chi connectivity index (χ2n) is 3.59. The van der Waals surface area contributed by atoms with E-state index in [0.717, 1.165) is 25.9 Å². The average molecular weight is 186 g/mol. The zero-order valence-corrected chi connectivity index (χ0v) is 8.16. The van der Waals surface area contributed by atoms with E-state index in [1.807, 2.05) is 0 Å². The Bertz CT molecular complexity index is 165. The van der Waals surface area contributed by atoms with Crippen molar-refractivity contribution in [1.82, 2.24) is 4.90 Å². The van der Waals surface area contributed by atoms with Crippen molar-refractivity contribution < 1.29 is 9.53 Å². The summed E-state index contributed by atoms with van der Waals surface area (Å²) in [6.07, 6.45) is 2.00. The number of nitrogens with zero attached hydrogens (tertiary/aromatic N) is 1. The van der Waals surface area contributed by atoms with Crippen LogP contribution in [0.15, 0.2) is 0 Å². The van der Waals surface area contributed by atoms with Gasteiger partial charge in [0, 0.05) is 26.2 Å². The molecule has 76 valence electrons. The fraction of sp³-hybridized carbons (Fsp3) is 0.889. The number of carbonyl (C=O) groups excluding carboxylic acids is 1. The van der Waals surface area contributed by atoms with Gasteiger partial charge in [-0.3, -0.25) is 9.69 Å². The number of hydrogen-bond acceptors (Lipinski definition) is 4. The van der Waals surface area contributed by atoms with Crippen molar-refractivity contribution in [2.45, 2.75) is 18.9 Å². The van der Waals surface area contributed by atoms with E-state index in [4.69, 9.17) is 10.5 Å². The van der Waals surface area contributed by atoms with Crippen molar-refractivity contribution in [3.63, 3.8) is 0 Å². The van der Waals surface area contributed by atoms with Crippen molar-refractivity contribution in [2.24, 2.45) is 5.73 Å². The number of rotatable bonds is 4. The Hall–Kier alpha value is -0.450. The van der Waals surface area contributed by atoms with Crippen LogP contribution < -0.4 is 5.73 Å². The van der Waals surface area contributed by atoms with Crippen molar-refractivity contribution in [3.05, 3.63) is 0 Å². The third-order valence-corrected chi connectivity index (χ3v) is 2.34. The number of likely N-dealkylation sites (tertiary alicyclic amines) is 1. The van der Waals surface area contributed by atoms with Gasteiger partial charge in [0.15, 0.2) is 5.78 Å². The molecule has 1 heterocycles. The van der Waals surface area contributed by atoms with E-state index in [9.17, 15) is 4.79 Å². The number of piperidine rings is 1. The van der Waals surface area contributed by atoms with E-state index < -0.39 is 0 Å². The number of methoxy groups -OCH3 is 1. The summed E-state index contributed by atoms with van der Waals surface area (Å²) in [5.41, 5.74) is 5.75. The first kappa shape index (κ1) is 10.6. The summed E-state index contributed by atoms with van der Waals surface area (Å²) < 4.78 is 4.77. The van der Waals surface area contributed by atoms with Crippen LogP contribution in [0.4, 0.5) is 0 Å². The third kappa shape index (κ3) is 3.85. The Morgan fingerprint density at radius 1 is 1.54 bits per heavy atom. The molecule has 0 aliphatic carbocycles. The maximum atomic E-state index is 11.2. The number of ether oxygens (including phenoxy) is 1. The summed E-state index contributed by atoms with van der Waals surface area (Å²) in [6, 6.07) is 0.328. The smallest absolute Gasteiger partial charge is 0.172 e. The number of carbonyl (C=O) groups is 1. The van der Waals surface area contributed by atoms with Gasteiger partial charge in [0.05, 0.1) is 6.54 Å². The second-order valence-corrected chi connectivity index (χ2v) is 3.59. The van der Waals surface area contributed by atoms with Gasteiger partial charge in [0.25, 0.3) is 0 Å². The first-order valence-electron chi connectivity index (χ1n) is 4.71. The zero-order chi connectivity index (χ0) is 9.68. The van der Waals surface area contributed by atoms with Crippen molar-refractivity contribution >= 4 is 5.78 Å². The summed E-state index contributed by atoms with van der Waals surface area (Å²) >= 11 is 0. The lowest BCUT2D eigenvalue weighted by Crippen LogP contribution is -2.42. The van der Waals surface area contributed by atoms with Crippen LogP contribution in [0.1, 0.15) is 12.8 Å². The molecule has 0 aromatic heterocycles. The van der Waals surface area contributed by atoms with E-state index in [2.05, 4.69) is 4.90 Å². The number of nitrogens with two attached hydrogens (primary N) is 1. The molecule has 4 heteroatoms. The molecule has 0 atom stereocenters. The first-order valence-corrected chi connectivity index (χ1v) is 4.71. The molecule has 1 fully saturated rings. The number of Topliss-reactive ketones (excluding diaryl/α,β-unsaturated/α-hetero) is 1. The predicted octanol–water partition coefficient (Wildman–Crippen LogP) is -0.375. The summed E-state index contributed by atoms with van der Waals surface area (Å²) in [5, 5.41) is 0. The highest BCUT2D eigenvalue weighted by Crippen LogP contribution is 2.07. The van der Waals surface area contributed by atoms with Crippen LogP contribution >= 0.6 is 0 Å². The normalized spacial score (nSPS) is 20.5. The topological polar surface area (TPSA) is 55.6 Å². The molecule has 0 spiro atoms. The standard InChI is InChI=1S/C9H18N2O2/c1-13-7-9(12)6-11-4-2-8(10)3-5-11/h8H,2-7,10H2,1H3. The number of ketones is 1. The van der Waals surface area contributed by atoms with Gasteiger partial charge >= 0.3 is 0 Å². The highest BCUT2D eigenvalue weighted by atomic mass is 16.5. The molecule has 1 aliphatic heterocycles. The molecule has 0 saturated carbocycles. The Kier molecular flexibility index (Phi) is 4.35. The lowest BCUT2D eigenvalue weighted by atomic mass is 10.1. The highest BCUT2D eigenvalue weighted by Gasteiger charge is 2.17. The minimum atomic E-state index is 0.151. The van der Waals surface area contributed by atoms with E-state index >= 15 is 0 Å². The van der Waals surface area contributed by atoms with Crippen molar-refractivity contribution in [2.75, 3.05) is 33.4 Å². The van der Waals surface area contributed by atoms with Crippen LogP contribution in [0.25, 0.3) is 0 Å². The molecule has 1 aliphatic rings. The summed E-state index contributed by atoms with van der Waals surface area (Å²) in [5.74, 6) is 0.151. The Morgan fingerprint density at radius 3 is 2.69 bits per heavy atom. The monoisotopic (exact) mass is 186 g/mol. The van der Waals surface area contributed by atoms with E-state index in [1.54, 1.807) is 7.11 Å². The molecular weight excluding hydrogens is 168 g/mol. The van der Waals surface area contributed by atoms with Crippen LogP contribution in [-0.4, -0.2) is 50.1 Å². The van der Waals surface area contributed by atoms with Gasteiger partial charge in [-0.1, -0.05) is 0 Å². The van der Waals surface area contributed by atoms with E-state index in [1.165, 1.54) is 0 Å². The van der Waals surface area contributed by atoms with Gasteiger partial charge in [-0.15, -0.1) is 0 Å². The quantitative estimate of drug-likeness (QED) is 0.650. The maximum absolute atomic E-state index is 11.2. The Morgan fingerprint density at radius 2 is 2.15 bits per heavy atom. The lowest BCUT2D eigenvalue weighted by Gasteiger charge is -2.29. The minimum Gasteiger partial charge on any atom is -0.377 e. The van der Waals surface area contributed by atoms with Gasteiger partial charge in [0.2, 0.25) is 0 Å². The van der Waals surface area contributed by atoms with Crippen LogP contribution in [0.2, 0.25) is 0 Å². The Balaban J connectivity index is 2.18. The lowest BCUT2D eigenvalue weighted by molar-refractivity contribution is -0.124. The molecule has 1 saturated heterocycles. The Labute approximate surface area is 79.0 Å². The van der Waals surface area contributed by atoms with Crippen LogP contribution in [0.5, 0.6) is 0 Å². The third-order valence-electron chi connectivity index (χ3n) is 2.34. The van der Waals surface area contributed by atoms with E-state index in [-0.39, 0.29) is 12.4 Å². The SMILES string of the molecule is COCC(=O)CN1CCC(N)CC1. The largest absolute Gasteiger partial charge is 0.377 e. The second kappa shape index (κ2) is 5.32. The molecule has 0 bridgehead atoms. The van der Waals surface area contributed by atoms with Gasteiger partial charge in [-0.2, -0.15) is 0 Å². The zero-order valence-electron chi connectivity index (χ0n) is 8.16. The fourth-order valence-electron chi connectivity index (χ4n) is 1.57. The van der Waals surface area contributed by atoms with Gasteiger partial charge in [-0.25, -0.2) is 0 Å². The molecule has 0 amide bonds. The summed E-state index contributed by atoms with van der Waals surface area (Å²) in [7, 11) is 1.55. The first-order chi connectivity index (χ1) is 6.22. The van der Waals surface area contributed by atoms with Gasteiger partial charge in [0.1, 0.15) is 6.61 Å². The van der Waals surface area contributed by atoms with Crippen molar-refractivity contribution in [3.8, 4) is 0 Å². The average Bonchev–Trinajstić information content (AvgIpc) is 2.09. The minimum absolute atomic E-state index is 0.151. The predicted molar refractivity (Wildman–Crippen MR) is 50.5 cm³/mol. The molecule has 1 rings (SSSR count). The number of hydrogen-bond donors (Lipinski definition) is 1. The molecule has 0 aromatic rings. The molecule has 0 unspecified atom stereocenters. The fourth-order valence-corrected chi connectivity index (χ4v) is 1.57. The van der Waals surface area contributed by atoms with Gasteiger partial charge in [-0.05, 0) is 12.8 Å². The van der Waals surface area contributed by atoms with Gasteiger partial charge < -0.3 is 10.5 Å². The molecule has 0 aromatic carbocycles. The molecule has 2 N–H and O–H groups in total. The molecular formula is C9H18N2O2. The maximum Gasteiger partial charge on any atom is 0.172 e. The van der Waals surface area contributed by atoms with Crippen LogP contribution in [0, 0.1) is 0 Å². The molecule has 0 radical (unpaired) electrons. The molecule has 13 heavy (non-hydrogen) atoms. The molecule has 4 nitrogen and oxygen atoms in total. The van der Waals surface area contributed by atoms with Crippen molar-refractivity contribution in [1.29, 1.82) is 0 Å². The van der Waals surface area contributed by atoms with Crippen LogP contribution in [-0.2, 0) is 9.53 Å².